The number of carbonyl (C=O) groups is 1. The Balaban J connectivity index is 1.97. The van der Waals surface area contributed by atoms with Crippen LogP contribution in [-0.4, -0.2) is 28.5 Å². The molecule has 2 aliphatic heterocycles. The second-order valence-electron chi connectivity index (χ2n) is 5.00. The molecule has 1 amide bonds. The van der Waals surface area contributed by atoms with Crippen molar-refractivity contribution in [3.63, 3.8) is 0 Å². The molecular weight excluding hydrogens is 244 g/mol. The summed E-state index contributed by atoms with van der Waals surface area (Å²) in [6, 6.07) is 7.95. The second-order valence-corrected chi connectivity index (χ2v) is 5.37. The topological polar surface area (TPSA) is 23.6 Å². The zero-order valence-electron chi connectivity index (χ0n) is 10.4. The maximum absolute atomic E-state index is 12.5. The van der Waals surface area contributed by atoms with Gasteiger partial charge in [0.1, 0.15) is 6.04 Å². The molecule has 4 heteroatoms. The van der Waals surface area contributed by atoms with Crippen molar-refractivity contribution in [1.29, 1.82) is 0 Å². The molecule has 3 rings (SSSR count). The molecule has 0 saturated carbocycles. The maximum Gasteiger partial charge on any atom is 0.256 e. The van der Waals surface area contributed by atoms with Crippen LogP contribution in [0, 0.1) is 6.92 Å². The average molecular weight is 260 g/mol. The van der Waals surface area contributed by atoms with Crippen molar-refractivity contribution < 1.29 is 4.79 Å². The fourth-order valence-electron chi connectivity index (χ4n) is 2.79. The Morgan fingerprint density at radius 1 is 1.33 bits per heavy atom. The van der Waals surface area contributed by atoms with E-state index in [0.29, 0.717) is 5.11 Å². The number of thiocarbonyl (C=S) groups is 1. The minimum atomic E-state index is -0.0215. The van der Waals surface area contributed by atoms with Crippen molar-refractivity contribution in [1.82, 2.24) is 4.90 Å². The van der Waals surface area contributed by atoms with Gasteiger partial charge < -0.3 is 4.90 Å². The van der Waals surface area contributed by atoms with E-state index in [9.17, 15) is 4.79 Å². The first-order valence-electron chi connectivity index (χ1n) is 6.40. The standard InChI is InChI=1S/C14H16N2OS/c1-10-5-4-6-11(9-10)16-13(17)12-7-2-3-8-15(12)14(16)18/h4-6,9,12H,2-3,7-8H2,1H3. The summed E-state index contributed by atoms with van der Waals surface area (Å²) in [6.07, 6.45) is 3.18. The quantitative estimate of drug-likeness (QED) is 0.725. The van der Waals surface area contributed by atoms with Gasteiger partial charge in [-0.2, -0.15) is 0 Å². The van der Waals surface area contributed by atoms with Crippen molar-refractivity contribution in [2.45, 2.75) is 32.2 Å². The first-order valence-corrected chi connectivity index (χ1v) is 6.80. The lowest BCUT2D eigenvalue weighted by Gasteiger charge is -2.27. The van der Waals surface area contributed by atoms with Crippen molar-refractivity contribution in [3.8, 4) is 0 Å². The van der Waals surface area contributed by atoms with Gasteiger partial charge in [0.2, 0.25) is 0 Å². The molecule has 1 unspecified atom stereocenters. The average Bonchev–Trinajstić information content (AvgIpc) is 2.63. The predicted molar refractivity (Wildman–Crippen MR) is 75.6 cm³/mol. The smallest absolute Gasteiger partial charge is 0.256 e. The van der Waals surface area contributed by atoms with Crippen LogP contribution in [0.1, 0.15) is 24.8 Å². The van der Waals surface area contributed by atoms with Gasteiger partial charge in [0.25, 0.3) is 5.91 Å². The molecule has 3 nitrogen and oxygen atoms in total. The molecule has 1 atom stereocenters. The molecule has 0 aliphatic carbocycles. The number of aryl methyl sites for hydroxylation is 1. The lowest BCUT2D eigenvalue weighted by atomic mass is 10.0. The summed E-state index contributed by atoms with van der Waals surface area (Å²) in [5.41, 5.74) is 2.05. The zero-order valence-corrected chi connectivity index (χ0v) is 11.2. The maximum atomic E-state index is 12.5. The minimum absolute atomic E-state index is 0.0215. The van der Waals surface area contributed by atoms with Crippen LogP contribution in [0.25, 0.3) is 0 Å². The van der Waals surface area contributed by atoms with Gasteiger partial charge in [0.05, 0.1) is 5.69 Å². The number of nitrogens with zero attached hydrogens (tertiary/aromatic N) is 2. The van der Waals surface area contributed by atoms with Gasteiger partial charge in [0, 0.05) is 6.54 Å². The molecule has 94 valence electrons. The van der Waals surface area contributed by atoms with Crippen LogP contribution in [0.2, 0.25) is 0 Å². The molecule has 1 aromatic carbocycles. The number of rotatable bonds is 1. The fraction of sp³-hybridized carbons (Fsp3) is 0.429. The molecule has 18 heavy (non-hydrogen) atoms. The number of amides is 1. The highest BCUT2D eigenvalue weighted by atomic mass is 32.1. The second kappa shape index (κ2) is 4.35. The third kappa shape index (κ3) is 1.72. The lowest BCUT2D eigenvalue weighted by molar-refractivity contribution is -0.120. The lowest BCUT2D eigenvalue weighted by Crippen LogP contribution is -2.38. The molecule has 0 radical (unpaired) electrons. The van der Waals surface area contributed by atoms with E-state index in [1.165, 1.54) is 0 Å². The van der Waals surface area contributed by atoms with E-state index in [1.54, 1.807) is 4.90 Å². The van der Waals surface area contributed by atoms with Crippen LogP contribution in [-0.2, 0) is 4.79 Å². The summed E-state index contributed by atoms with van der Waals surface area (Å²) in [5.74, 6) is 0.144. The predicted octanol–water partition coefficient (Wildman–Crippen LogP) is 2.48. The number of carbonyl (C=O) groups excluding carboxylic acids is 1. The monoisotopic (exact) mass is 260 g/mol. The van der Waals surface area contributed by atoms with E-state index in [2.05, 4.69) is 4.90 Å². The van der Waals surface area contributed by atoms with E-state index < -0.39 is 0 Å². The summed E-state index contributed by atoms with van der Waals surface area (Å²) in [5, 5.41) is 0.676. The van der Waals surface area contributed by atoms with E-state index in [1.807, 2.05) is 31.2 Å². The Morgan fingerprint density at radius 2 is 2.17 bits per heavy atom. The van der Waals surface area contributed by atoms with E-state index in [4.69, 9.17) is 12.2 Å². The highest BCUT2D eigenvalue weighted by Crippen LogP contribution is 2.30. The minimum Gasteiger partial charge on any atom is -0.336 e. The first kappa shape index (κ1) is 11.7. The van der Waals surface area contributed by atoms with Gasteiger partial charge in [-0.25, -0.2) is 0 Å². The van der Waals surface area contributed by atoms with Crippen LogP contribution in [0.5, 0.6) is 0 Å². The SMILES string of the molecule is Cc1cccc(N2C(=O)C3CCCCN3C2=S)c1. The first-order chi connectivity index (χ1) is 8.68. The molecular formula is C14H16N2OS. The van der Waals surface area contributed by atoms with E-state index in [-0.39, 0.29) is 11.9 Å². The zero-order chi connectivity index (χ0) is 12.7. The summed E-state index contributed by atoms with van der Waals surface area (Å²) in [4.78, 5) is 16.3. The van der Waals surface area contributed by atoms with Crippen molar-refractivity contribution in [3.05, 3.63) is 29.8 Å². The molecule has 2 heterocycles. The van der Waals surface area contributed by atoms with Gasteiger partial charge in [-0.15, -0.1) is 0 Å². The van der Waals surface area contributed by atoms with Gasteiger partial charge >= 0.3 is 0 Å². The summed E-state index contributed by atoms with van der Waals surface area (Å²) < 4.78 is 0. The number of anilines is 1. The highest BCUT2D eigenvalue weighted by Gasteiger charge is 2.43. The molecule has 0 spiro atoms. The Bertz CT molecular complexity index is 490. The van der Waals surface area contributed by atoms with Crippen molar-refractivity contribution >= 4 is 28.9 Å². The summed E-state index contributed by atoms with van der Waals surface area (Å²) in [6.45, 7) is 2.94. The number of hydrogen-bond donors (Lipinski definition) is 0. The summed E-state index contributed by atoms with van der Waals surface area (Å²) in [7, 11) is 0. The molecule has 2 saturated heterocycles. The Labute approximate surface area is 112 Å². The van der Waals surface area contributed by atoms with E-state index >= 15 is 0 Å². The molecule has 2 fully saturated rings. The van der Waals surface area contributed by atoms with Crippen LogP contribution < -0.4 is 4.90 Å². The molecule has 0 N–H and O–H groups in total. The molecule has 2 aliphatic rings. The van der Waals surface area contributed by atoms with Crippen LogP contribution >= 0.6 is 12.2 Å². The molecule has 0 bridgehead atoms. The molecule has 0 aromatic heterocycles. The van der Waals surface area contributed by atoms with Gasteiger partial charge in [-0.05, 0) is 56.1 Å². The Kier molecular flexibility index (Phi) is 2.82. The largest absolute Gasteiger partial charge is 0.336 e. The number of benzene rings is 1. The Hall–Kier alpha value is -1.42. The van der Waals surface area contributed by atoms with Crippen LogP contribution in [0.4, 0.5) is 5.69 Å². The van der Waals surface area contributed by atoms with Gasteiger partial charge in [-0.3, -0.25) is 9.69 Å². The normalized spacial score (nSPS) is 23.5. The van der Waals surface area contributed by atoms with Crippen LogP contribution in [0.3, 0.4) is 0 Å². The molecule has 1 aromatic rings. The Morgan fingerprint density at radius 3 is 2.89 bits per heavy atom. The third-order valence-corrected chi connectivity index (χ3v) is 4.12. The van der Waals surface area contributed by atoms with Gasteiger partial charge in [0.15, 0.2) is 5.11 Å². The summed E-state index contributed by atoms with van der Waals surface area (Å²) >= 11 is 5.47. The number of hydrogen-bond acceptors (Lipinski definition) is 2. The van der Waals surface area contributed by atoms with E-state index in [0.717, 1.165) is 37.1 Å². The highest BCUT2D eigenvalue weighted by molar-refractivity contribution is 7.80. The van der Waals surface area contributed by atoms with Crippen molar-refractivity contribution in [2.24, 2.45) is 0 Å². The third-order valence-electron chi connectivity index (χ3n) is 3.71. The fourth-order valence-corrected chi connectivity index (χ4v) is 3.21. The van der Waals surface area contributed by atoms with Gasteiger partial charge in [-0.1, -0.05) is 12.1 Å². The number of piperidine rings is 1. The van der Waals surface area contributed by atoms with Crippen LogP contribution in [0.15, 0.2) is 24.3 Å². The number of fused-ring (bicyclic) bond motifs is 1. The van der Waals surface area contributed by atoms with Crippen molar-refractivity contribution in [2.75, 3.05) is 11.4 Å².